The van der Waals surface area contributed by atoms with Crippen LogP contribution < -0.4 is 16.2 Å². The van der Waals surface area contributed by atoms with Crippen molar-refractivity contribution in [1.29, 1.82) is 0 Å². The van der Waals surface area contributed by atoms with Crippen molar-refractivity contribution < 1.29 is 14.7 Å². The summed E-state index contributed by atoms with van der Waals surface area (Å²) in [6.45, 7) is 0. The molecule has 56 valence electrons. The summed E-state index contributed by atoms with van der Waals surface area (Å²) in [5, 5.41) is 11.9. The highest BCUT2D eigenvalue weighted by atomic mass is 16.4. The van der Waals surface area contributed by atoms with Gasteiger partial charge in [-0.05, 0) is 12.8 Å². The van der Waals surface area contributed by atoms with Crippen LogP contribution in [0.2, 0.25) is 0 Å². The quantitative estimate of drug-likeness (QED) is 0.465. The van der Waals surface area contributed by atoms with E-state index < -0.39 is 17.5 Å². The molecule has 0 spiro atoms. The minimum Gasteiger partial charge on any atom is -0.530 e. The molecule has 2 amide bonds. The standard InChI is InChI=1S/C5H8N2O3/c6-3(8)5(1-2-5)7-4(9)10/h7H,1-2H2,(H2,6,8)(H,9,10)/p-1. The van der Waals surface area contributed by atoms with Gasteiger partial charge in [-0.25, -0.2) is 0 Å². The molecule has 3 N–H and O–H groups in total. The highest BCUT2D eigenvalue weighted by Crippen LogP contribution is 2.34. The third-order valence-corrected chi connectivity index (χ3v) is 1.56. The predicted molar refractivity (Wildman–Crippen MR) is 29.7 cm³/mol. The van der Waals surface area contributed by atoms with Gasteiger partial charge in [0.15, 0.2) is 0 Å². The Hall–Kier alpha value is -1.26. The van der Waals surface area contributed by atoms with Crippen molar-refractivity contribution in [3.63, 3.8) is 0 Å². The Kier molecular flexibility index (Phi) is 1.28. The van der Waals surface area contributed by atoms with Gasteiger partial charge < -0.3 is 21.0 Å². The summed E-state index contributed by atoms with van der Waals surface area (Å²) < 4.78 is 0. The number of carbonyl (C=O) groups is 2. The van der Waals surface area contributed by atoms with E-state index in [-0.39, 0.29) is 0 Å². The lowest BCUT2D eigenvalue weighted by Crippen LogP contribution is -2.51. The maximum Gasteiger partial charge on any atom is 0.243 e. The van der Waals surface area contributed by atoms with Crippen LogP contribution in [-0.2, 0) is 4.79 Å². The summed E-state index contributed by atoms with van der Waals surface area (Å²) in [4.78, 5) is 20.4. The molecule has 1 aliphatic rings. The molecule has 0 bridgehead atoms. The van der Waals surface area contributed by atoms with Crippen molar-refractivity contribution in [2.75, 3.05) is 0 Å². The first-order chi connectivity index (χ1) is 4.57. The molecule has 1 saturated carbocycles. The number of amides is 2. The summed E-state index contributed by atoms with van der Waals surface area (Å²) in [5.74, 6) is -0.628. The highest BCUT2D eigenvalue weighted by Gasteiger charge is 2.48. The molecule has 0 heterocycles. The first-order valence-corrected chi connectivity index (χ1v) is 2.86. The van der Waals surface area contributed by atoms with Gasteiger partial charge in [-0.1, -0.05) is 0 Å². The van der Waals surface area contributed by atoms with E-state index in [0.29, 0.717) is 12.8 Å². The maximum atomic E-state index is 10.5. The van der Waals surface area contributed by atoms with E-state index in [2.05, 4.69) is 0 Å². The Morgan fingerprint density at radius 1 is 1.50 bits per heavy atom. The lowest BCUT2D eigenvalue weighted by Gasteiger charge is -2.14. The molecule has 0 atom stereocenters. The molecule has 5 heteroatoms. The summed E-state index contributed by atoms with van der Waals surface area (Å²) in [6, 6.07) is 0. The number of hydrogen-bond acceptors (Lipinski definition) is 3. The van der Waals surface area contributed by atoms with Crippen molar-refractivity contribution >= 4 is 12.0 Å². The number of nitrogens with one attached hydrogen (secondary N) is 1. The number of primary amides is 1. The highest BCUT2D eigenvalue weighted by molar-refractivity contribution is 5.90. The van der Waals surface area contributed by atoms with Gasteiger partial charge in [-0.15, -0.1) is 0 Å². The zero-order valence-electron chi connectivity index (χ0n) is 5.22. The Balaban J connectivity index is 2.53. The van der Waals surface area contributed by atoms with E-state index in [1.165, 1.54) is 0 Å². The van der Waals surface area contributed by atoms with Gasteiger partial charge in [0, 0.05) is 0 Å². The van der Waals surface area contributed by atoms with Gasteiger partial charge in [0.2, 0.25) is 5.91 Å². The molecule has 1 fully saturated rings. The van der Waals surface area contributed by atoms with E-state index in [9.17, 15) is 14.7 Å². The maximum absolute atomic E-state index is 10.5. The van der Waals surface area contributed by atoms with Crippen LogP contribution in [0.25, 0.3) is 0 Å². The molecule has 0 saturated heterocycles. The largest absolute Gasteiger partial charge is 0.530 e. The number of carboxylic acid groups (broad SMARTS) is 1. The number of carbonyl (C=O) groups excluding carboxylic acids is 2. The number of hydrogen-bond donors (Lipinski definition) is 2. The smallest absolute Gasteiger partial charge is 0.243 e. The average molecular weight is 143 g/mol. The lowest BCUT2D eigenvalue weighted by molar-refractivity contribution is -0.252. The molecule has 1 rings (SSSR count). The Bertz CT molecular complexity index is 185. The van der Waals surface area contributed by atoms with Gasteiger partial charge in [0.25, 0.3) is 0 Å². The zero-order valence-corrected chi connectivity index (χ0v) is 5.22. The number of nitrogens with two attached hydrogens (primary N) is 1. The van der Waals surface area contributed by atoms with Crippen LogP contribution in [0.3, 0.4) is 0 Å². The fourth-order valence-corrected chi connectivity index (χ4v) is 0.753. The van der Waals surface area contributed by atoms with Crippen LogP contribution in [0.1, 0.15) is 12.8 Å². The van der Waals surface area contributed by atoms with Crippen LogP contribution in [0.4, 0.5) is 4.79 Å². The van der Waals surface area contributed by atoms with Crippen LogP contribution in [0, 0.1) is 0 Å². The molecule has 0 aromatic rings. The van der Waals surface area contributed by atoms with Crippen molar-refractivity contribution in [3.8, 4) is 0 Å². The molecule has 10 heavy (non-hydrogen) atoms. The second-order valence-corrected chi connectivity index (χ2v) is 2.36. The molecule has 0 aromatic heterocycles. The second-order valence-electron chi connectivity index (χ2n) is 2.36. The van der Waals surface area contributed by atoms with Crippen LogP contribution in [-0.4, -0.2) is 17.5 Å². The van der Waals surface area contributed by atoms with Gasteiger partial charge in [-0.2, -0.15) is 0 Å². The minimum atomic E-state index is -1.45. The van der Waals surface area contributed by atoms with E-state index in [4.69, 9.17) is 5.73 Å². The Morgan fingerprint density at radius 2 is 2.00 bits per heavy atom. The summed E-state index contributed by atoms with van der Waals surface area (Å²) >= 11 is 0. The first kappa shape index (κ1) is 6.85. The molecule has 0 unspecified atom stereocenters. The zero-order chi connectivity index (χ0) is 7.78. The normalized spacial score (nSPS) is 19.6. The van der Waals surface area contributed by atoms with Gasteiger partial charge in [0.1, 0.15) is 11.6 Å². The van der Waals surface area contributed by atoms with Gasteiger partial charge in [0.05, 0.1) is 0 Å². The van der Waals surface area contributed by atoms with Crippen molar-refractivity contribution in [2.45, 2.75) is 18.4 Å². The SMILES string of the molecule is NC(=O)C1(NC(=O)[O-])CC1. The monoisotopic (exact) mass is 143 g/mol. The van der Waals surface area contributed by atoms with E-state index in [0.717, 1.165) is 0 Å². The van der Waals surface area contributed by atoms with Crippen LogP contribution in [0.15, 0.2) is 0 Å². The fourth-order valence-electron chi connectivity index (χ4n) is 0.753. The van der Waals surface area contributed by atoms with Gasteiger partial charge >= 0.3 is 0 Å². The third-order valence-electron chi connectivity index (χ3n) is 1.56. The van der Waals surface area contributed by atoms with Crippen molar-refractivity contribution in [1.82, 2.24) is 5.32 Å². The minimum absolute atomic E-state index is 0.482. The van der Waals surface area contributed by atoms with Gasteiger partial charge in [-0.3, -0.25) is 4.79 Å². The topological polar surface area (TPSA) is 95.2 Å². The average Bonchev–Trinajstić information content (AvgIpc) is 2.46. The van der Waals surface area contributed by atoms with Crippen LogP contribution >= 0.6 is 0 Å². The van der Waals surface area contributed by atoms with Crippen molar-refractivity contribution in [3.05, 3.63) is 0 Å². The lowest BCUT2D eigenvalue weighted by atomic mass is 10.3. The molecular weight excluding hydrogens is 136 g/mol. The van der Waals surface area contributed by atoms with E-state index in [1.54, 1.807) is 0 Å². The first-order valence-electron chi connectivity index (χ1n) is 2.86. The molecule has 0 aliphatic heterocycles. The molecule has 1 aliphatic carbocycles. The van der Waals surface area contributed by atoms with Crippen LogP contribution in [0.5, 0.6) is 0 Å². The molecular formula is C5H7N2O3-. The Morgan fingerprint density at radius 3 is 2.10 bits per heavy atom. The molecule has 0 radical (unpaired) electrons. The van der Waals surface area contributed by atoms with Crippen molar-refractivity contribution in [2.24, 2.45) is 5.73 Å². The Labute approximate surface area is 57.2 Å². The summed E-state index contributed by atoms with van der Waals surface area (Å²) in [7, 11) is 0. The fraction of sp³-hybridized carbons (Fsp3) is 0.600. The molecule has 0 aromatic carbocycles. The third kappa shape index (κ3) is 1.02. The summed E-state index contributed by atoms with van der Waals surface area (Å²) in [6.07, 6.45) is -0.483. The van der Waals surface area contributed by atoms with E-state index in [1.807, 2.05) is 5.32 Å². The second kappa shape index (κ2) is 1.86. The van der Waals surface area contributed by atoms with E-state index >= 15 is 0 Å². The molecule has 5 nitrogen and oxygen atoms in total. The summed E-state index contributed by atoms with van der Waals surface area (Å²) in [5.41, 5.74) is 3.89. The predicted octanol–water partition coefficient (Wildman–Crippen LogP) is -2.06. The number of rotatable bonds is 2.